The third-order valence-corrected chi connectivity index (χ3v) is 4.22. The Morgan fingerprint density at radius 1 is 1.29 bits per heavy atom. The van der Waals surface area contributed by atoms with Gasteiger partial charge in [-0.3, -0.25) is 0 Å². The molecular formula is C11H16BNS. The van der Waals surface area contributed by atoms with Crippen LogP contribution in [0.5, 0.6) is 0 Å². The highest BCUT2D eigenvalue weighted by molar-refractivity contribution is 7.10. The quantitative estimate of drug-likeness (QED) is 0.506. The normalized spacial score (nSPS) is 21.8. The van der Waals surface area contributed by atoms with Crippen LogP contribution in [0.15, 0.2) is 5.38 Å². The zero-order valence-corrected chi connectivity index (χ0v) is 9.57. The standard InChI is InChI=1S/C11H16BNS/c1-9-8-14-10(13-9)11(12)6-4-2-3-5-7-11/h8H,2-7H2,1H3. The number of thiazole rings is 1. The molecule has 1 aliphatic rings. The lowest BCUT2D eigenvalue weighted by atomic mass is 9.64. The van der Waals surface area contributed by atoms with E-state index in [1.165, 1.54) is 25.7 Å². The van der Waals surface area contributed by atoms with Crippen LogP contribution in [0, 0.1) is 6.92 Å². The number of nitrogens with zero attached hydrogens (tertiary/aromatic N) is 1. The van der Waals surface area contributed by atoms with Crippen LogP contribution < -0.4 is 0 Å². The topological polar surface area (TPSA) is 12.9 Å². The van der Waals surface area contributed by atoms with E-state index in [2.05, 4.69) is 10.4 Å². The zero-order chi connectivity index (χ0) is 10.0. The Balaban J connectivity index is 2.20. The summed E-state index contributed by atoms with van der Waals surface area (Å²) in [4.78, 5) is 4.54. The van der Waals surface area contributed by atoms with Gasteiger partial charge in [-0.1, -0.05) is 25.7 Å². The van der Waals surface area contributed by atoms with Crippen LogP contribution in [-0.4, -0.2) is 12.8 Å². The van der Waals surface area contributed by atoms with Crippen LogP contribution in [0.3, 0.4) is 0 Å². The Kier molecular flexibility index (Phi) is 2.96. The Hall–Kier alpha value is -0.305. The molecule has 0 aliphatic heterocycles. The molecule has 0 amide bonds. The monoisotopic (exact) mass is 205 g/mol. The van der Waals surface area contributed by atoms with Crippen LogP contribution in [0.4, 0.5) is 0 Å². The maximum atomic E-state index is 6.44. The summed E-state index contributed by atoms with van der Waals surface area (Å²) in [5.74, 6) is 0. The second-order valence-electron chi connectivity index (χ2n) is 4.36. The van der Waals surface area contributed by atoms with Gasteiger partial charge in [0.15, 0.2) is 0 Å². The van der Waals surface area contributed by atoms with Gasteiger partial charge in [0, 0.05) is 11.1 Å². The fraction of sp³-hybridized carbons (Fsp3) is 0.727. The van der Waals surface area contributed by atoms with Crippen molar-refractivity contribution < 1.29 is 0 Å². The molecule has 1 nitrogen and oxygen atoms in total. The summed E-state index contributed by atoms with van der Waals surface area (Å²) in [6.07, 6.45) is 7.41. The SMILES string of the molecule is [B]C1(c2nc(C)cs2)CCCCCC1. The van der Waals surface area contributed by atoms with Crippen molar-refractivity contribution in [3.05, 3.63) is 16.1 Å². The molecule has 1 aromatic heterocycles. The molecule has 1 saturated carbocycles. The van der Waals surface area contributed by atoms with Crippen molar-refractivity contribution in [3.8, 4) is 0 Å². The zero-order valence-electron chi connectivity index (χ0n) is 8.75. The molecule has 0 spiro atoms. The van der Waals surface area contributed by atoms with Gasteiger partial charge in [0.05, 0.1) is 12.9 Å². The average Bonchev–Trinajstić information content (AvgIpc) is 2.47. The molecule has 0 aromatic carbocycles. The maximum absolute atomic E-state index is 6.44. The van der Waals surface area contributed by atoms with Crippen molar-refractivity contribution in [1.82, 2.24) is 4.98 Å². The van der Waals surface area contributed by atoms with E-state index in [4.69, 9.17) is 7.85 Å². The summed E-state index contributed by atoms with van der Waals surface area (Å²) >= 11 is 1.73. The van der Waals surface area contributed by atoms with E-state index < -0.39 is 0 Å². The number of hydrogen-bond acceptors (Lipinski definition) is 2. The summed E-state index contributed by atoms with van der Waals surface area (Å²) in [5.41, 5.74) is 1.11. The largest absolute Gasteiger partial charge is 0.247 e. The van der Waals surface area contributed by atoms with Gasteiger partial charge in [-0.05, 0) is 25.1 Å². The fourth-order valence-electron chi connectivity index (χ4n) is 2.16. The smallest absolute Gasteiger partial charge is 0.0902 e. The van der Waals surface area contributed by atoms with Gasteiger partial charge in [-0.15, -0.1) is 11.3 Å². The van der Waals surface area contributed by atoms with E-state index in [1.807, 2.05) is 6.92 Å². The van der Waals surface area contributed by atoms with E-state index in [0.29, 0.717) is 0 Å². The molecule has 2 rings (SSSR count). The van der Waals surface area contributed by atoms with Crippen LogP contribution in [-0.2, 0) is 5.31 Å². The first-order valence-corrected chi connectivity index (χ1v) is 6.30. The maximum Gasteiger partial charge on any atom is 0.0902 e. The molecule has 1 fully saturated rings. The van der Waals surface area contributed by atoms with Gasteiger partial charge in [-0.25, -0.2) is 4.98 Å². The van der Waals surface area contributed by atoms with Crippen LogP contribution in [0.2, 0.25) is 0 Å². The highest BCUT2D eigenvalue weighted by Gasteiger charge is 2.29. The van der Waals surface area contributed by atoms with Crippen LogP contribution >= 0.6 is 11.3 Å². The molecule has 0 atom stereocenters. The van der Waals surface area contributed by atoms with E-state index in [-0.39, 0.29) is 5.31 Å². The first-order chi connectivity index (χ1) is 6.71. The van der Waals surface area contributed by atoms with E-state index in [0.717, 1.165) is 23.5 Å². The van der Waals surface area contributed by atoms with Gasteiger partial charge < -0.3 is 0 Å². The summed E-state index contributed by atoms with van der Waals surface area (Å²) in [6, 6.07) is 0. The van der Waals surface area contributed by atoms with Crippen LogP contribution in [0.25, 0.3) is 0 Å². The minimum absolute atomic E-state index is 0.116. The Morgan fingerprint density at radius 3 is 2.43 bits per heavy atom. The van der Waals surface area contributed by atoms with Gasteiger partial charge >= 0.3 is 0 Å². The minimum atomic E-state index is -0.116. The second kappa shape index (κ2) is 4.05. The number of rotatable bonds is 1. The number of aromatic nitrogens is 1. The molecule has 3 heteroatoms. The predicted molar refractivity (Wildman–Crippen MR) is 62.0 cm³/mol. The van der Waals surface area contributed by atoms with Crippen molar-refractivity contribution in [2.45, 2.75) is 50.8 Å². The Morgan fingerprint density at radius 2 is 1.93 bits per heavy atom. The van der Waals surface area contributed by atoms with Gasteiger partial charge in [0.25, 0.3) is 0 Å². The van der Waals surface area contributed by atoms with E-state index in [9.17, 15) is 0 Å². The lowest BCUT2D eigenvalue weighted by Gasteiger charge is -2.25. The summed E-state index contributed by atoms with van der Waals surface area (Å²) in [6.45, 7) is 2.04. The number of aryl methyl sites for hydroxylation is 1. The van der Waals surface area contributed by atoms with Crippen molar-refractivity contribution in [2.24, 2.45) is 0 Å². The summed E-state index contributed by atoms with van der Waals surface area (Å²) in [7, 11) is 6.44. The Bertz CT molecular complexity index is 300. The van der Waals surface area contributed by atoms with Gasteiger partial charge in [0.1, 0.15) is 0 Å². The van der Waals surface area contributed by atoms with Crippen molar-refractivity contribution >= 4 is 19.2 Å². The molecule has 0 bridgehead atoms. The predicted octanol–water partition coefficient (Wildman–Crippen LogP) is 3.17. The molecule has 0 unspecified atom stereocenters. The minimum Gasteiger partial charge on any atom is -0.247 e. The third-order valence-electron chi connectivity index (χ3n) is 3.04. The van der Waals surface area contributed by atoms with Gasteiger partial charge in [-0.2, -0.15) is 0 Å². The molecule has 2 radical (unpaired) electrons. The second-order valence-corrected chi connectivity index (χ2v) is 5.22. The van der Waals surface area contributed by atoms with Gasteiger partial charge in [0.2, 0.25) is 0 Å². The summed E-state index contributed by atoms with van der Waals surface area (Å²) < 4.78 is 0. The molecular weight excluding hydrogens is 189 g/mol. The molecule has 0 N–H and O–H groups in total. The molecule has 14 heavy (non-hydrogen) atoms. The molecule has 1 heterocycles. The third kappa shape index (κ3) is 2.03. The van der Waals surface area contributed by atoms with Crippen molar-refractivity contribution in [1.29, 1.82) is 0 Å². The highest BCUT2D eigenvalue weighted by atomic mass is 32.1. The Labute approximate surface area is 91.4 Å². The molecule has 1 aliphatic carbocycles. The summed E-state index contributed by atoms with van der Waals surface area (Å²) in [5, 5.41) is 3.14. The fourth-order valence-corrected chi connectivity index (χ4v) is 3.13. The highest BCUT2D eigenvalue weighted by Crippen LogP contribution is 2.36. The first-order valence-electron chi connectivity index (χ1n) is 5.42. The van der Waals surface area contributed by atoms with Crippen molar-refractivity contribution in [3.63, 3.8) is 0 Å². The van der Waals surface area contributed by atoms with E-state index >= 15 is 0 Å². The van der Waals surface area contributed by atoms with Crippen molar-refractivity contribution in [2.75, 3.05) is 0 Å². The number of hydrogen-bond donors (Lipinski definition) is 0. The average molecular weight is 205 g/mol. The van der Waals surface area contributed by atoms with E-state index in [1.54, 1.807) is 11.3 Å². The lowest BCUT2D eigenvalue weighted by Crippen LogP contribution is -2.25. The molecule has 74 valence electrons. The molecule has 0 saturated heterocycles. The van der Waals surface area contributed by atoms with Crippen LogP contribution in [0.1, 0.15) is 49.2 Å². The first kappa shape index (κ1) is 10.2. The lowest BCUT2D eigenvalue weighted by molar-refractivity contribution is 0.520. The molecule has 1 aromatic rings.